The zero-order valence-corrected chi connectivity index (χ0v) is 16.6. The molecular formula is C21H24N2O6. The number of methoxy groups -OCH3 is 1. The van der Waals surface area contributed by atoms with E-state index in [2.05, 4.69) is 15.3 Å². The van der Waals surface area contributed by atoms with Crippen molar-refractivity contribution in [2.45, 2.75) is 13.8 Å². The number of nitrogens with one attached hydrogen (secondary N) is 1. The Morgan fingerprint density at radius 2 is 1.69 bits per heavy atom. The quantitative estimate of drug-likeness (QED) is 0.374. The number of hydrogen-bond donors (Lipinski definition) is 1. The molecule has 154 valence electrons. The largest absolute Gasteiger partial charge is 0.494 e. The van der Waals surface area contributed by atoms with Crippen molar-refractivity contribution in [1.29, 1.82) is 0 Å². The number of carbonyl (C=O) groups is 2. The first-order chi connectivity index (χ1) is 14.1. The molecule has 0 spiro atoms. The van der Waals surface area contributed by atoms with Crippen LogP contribution in [-0.2, 0) is 9.53 Å². The highest BCUT2D eigenvalue weighted by Gasteiger charge is 2.09. The van der Waals surface area contributed by atoms with Gasteiger partial charge in [0, 0.05) is 5.56 Å². The van der Waals surface area contributed by atoms with E-state index in [4.69, 9.17) is 14.2 Å². The number of hydrogen-bond acceptors (Lipinski definition) is 7. The highest BCUT2D eigenvalue weighted by Crippen LogP contribution is 2.28. The fraction of sp³-hybridized carbons (Fsp3) is 0.286. The maximum atomic E-state index is 12.2. The molecule has 0 saturated heterocycles. The number of benzene rings is 2. The molecule has 2 rings (SSSR count). The van der Waals surface area contributed by atoms with Gasteiger partial charge in [0.2, 0.25) is 0 Å². The predicted molar refractivity (Wildman–Crippen MR) is 108 cm³/mol. The van der Waals surface area contributed by atoms with Crippen molar-refractivity contribution in [2.24, 2.45) is 5.10 Å². The molecule has 0 saturated carbocycles. The lowest BCUT2D eigenvalue weighted by atomic mass is 10.2. The molecule has 0 atom stereocenters. The topological polar surface area (TPSA) is 95.5 Å². The summed E-state index contributed by atoms with van der Waals surface area (Å²) in [7, 11) is 1.29. The highest BCUT2D eigenvalue weighted by molar-refractivity contribution is 5.95. The number of esters is 1. The van der Waals surface area contributed by atoms with Crippen LogP contribution >= 0.6 is 0 Å². The van der Waals surface area contributed by atoms with Gasteiger partial charge in [0.05, 0.1) is 26.5 Å². The molecule has 0 radical (unpaired) electrons. The van der Waals surface area contributed by atoms with Crippen LogP contribution in [0.1, 0.15) is 29.8 Å². The zero-order valence-electron chi connectivity index (χ0n) is 16.6. The van der Waals surface area contributed by atoms with Gasteiger partial charge >= 0.3 is 5.97 Å². The number of carbonyl (C=O) groups excluding carboxylic acids is 2. The first-order valence-electron chi connectivity index (χ1n) is 9.10. The summed E-state index contributed by atoms with van der Waals surface area (Å²) in [6.45, 7) is 4.49. The van der Waals surface area contributed by atoms with Crippen LogP contribution in [0.3, 0.4) is 0 Å². The minimum atomic E-state index is -0.491. The molecule has 0 unspecified atom stereocenters. The molecule has 0 aromatic heterocycles. The Balaban J connectivity index is 2.00. The van der Waals surface area contributed by atoms with Crippen LogP contribution in [0.2, 0.25) is 0 Å². The number of rotatable bonds is 10. The standard InChI is InChI=1S/C21H24N2O6/c1-4-27-17-9-7-16(8-10-17)21(25)23-22-13-15-6-11-18(19(12-15)28-5-2)29-14-20(24)26-3/h6-13H,4-5,14H2,1-3H3,(H,23,25)/b22-13-. The highest BCUT2D eigenvalue weighted by atomic mass is 16.6. The van der Waals surface area contributed by atoms with Gasteiger partial charge in [-0.05, 0) is 61.9 Å². The van der Waals surface area contributed by atoms with E-state index in [9.17, 15) is 9.59 Å². The normalized spacial score (nSPS) is 10.4. The van der Waals surface area contributed by atoms with E-state index in [1.54, 1.807) is 42.5 Å². The maximum absolute atomic E-state index is 12.2. The fourth-order valence-electron chi connectivity index (χ4n) is 2.29. The van der Waals surface area contributed by atoms with Crippen molar-refractivity contribution in [3.8, 4) is 17.2 Å². The van der Waals surface area contributed by atoms with Gasteiger partial charge in [0.15, 0.2) is 18.1 Å². The van der Waals surface area contributed by atoms with Crippen molar-refractivity contribution in [1.82, 2.24) is 5.43 Å². The molecular weight excluding hydrogens is 376 g/mol. The third kappa shape index (κ3) is 6.84. The second-order valence-corrected chi connectivity index (χ2v) is 5.66. The van der Waals surface area contributed by atoms with Gasteiger partial charge in [-0.25, -0.2) is 10.2 Å². The lowest BCUT2D eigenvalue weighted by Crippen LogP contribution is -2.17. The SMILES string of the molecule is CCOc1ccc(C(=O)N/N=C\c2ccc(OCC(=O)OC)c(OCC)c2)cc1. The first-order valence-corrected chi connectivity index (χ1v) is 9.10. The average Bonchev–Trinajstić information content (AvgIpc) is 2.73. The molecule has 0 heterocycles. The van der Waals surface area contributed by atoms with E-state index in [0.29, 0.717) is 41.6 Å². The van der Waals surface area contributed by atoms with Gasteiger partial charge < -0.3 is 18.9 Å². The monoisotopic (exact) mass is 400 g/mol. The molecule has 1 N–H and O–H groups in total. The molecule has 2 aromatic carbocycles. The van der Waals surface area contributed by atoms with Gasteiger partial charge in [0.25, 0.3) is 5.91 Å². The van der Waals surface area contributed by atoms with Crippen LogP contribution in [0.25, 0.3) is 0 Å². The smallest absolute Gasteiger partial charge is 0.343 e. The summed E-state index contributed by atoms with van der Waals surface area (Å²) < 4.78 is 20.8. The van der Waals surface area contributed by atoms with Crippen LogP contribution in [0.4, 0.5) is 0 Å². The maximum Gasteiger partial charge on any atom is 0.343 e. The average molecular weight is 400 g/mol. The summed E-state index contributed by atoms with van der Waals surface area (Å²) in [5.41, 5.74) is 3.62. The van der Waals surface area contributed by atoms with Gasteiger partial charge in [-0.2, -0.15) is 5.10 Å². The van der Waals surface area contributed by atoms with Crippen LogP contribution in [0.5, 0.6) is 17.2 Å². The molecule has 2 aromatic rings. The Morgan fingerprint density at radius 1 is 0.966 bits per heavy atom. The van der Waals surface area contributed by atoms with Gasteiger partial charge in [-0.15, -0.1) is 0 Å². The third-order valence-corrected chi connectivity index (χ3v) is 3.65. The third-order valence-electron chi connectivity index (χ3n) is 3.65. The summed E-state index contributed by atoms with van der Waals surface area (Å²) in [6.07, 6.45) is 1.49. The summed E-state index contributed by atoms with van der Waals surface area (Å²) in [4.78, 5) is 23.4. The van der Waals surface area contributed by atoms with Crippen LogP contribution < -0.4 is 19.6 Å². The fourth-order valence-corrected chi connectivity index (χ4v) is 2.29. The van der Waals surface area contributed by atoms with Gasteiger partial charge in [0.1, 0.15) is 5.75 Å². The van der Waals surface area contributed by atoms with E-state index in [1.807, 2.05) is 13.8 Å². The van der Waals surface area contributed by atoms with Gasteiger partial charge in [-0.3, -0.25) is 4.79 Å². The number of nitrogens with zero attached hydrogens (tertiary/aromatic N) is 1. The Kier molecular flexibility index (Phi) is 8.50. The van der Waals surface area contributed by atoms with E-state index in [-0.39, 0.29) is 12.5 Å². The zero-order chi connectivity index (χ0) is 21.1. The van der Waals surface area contributed by atoms with Crippen molar-refractivity contribution in [2.75, 3.05) is 26.9 Å². The second kappa shape index (κ2) is 11.3. The van der Waals surface area contributed by atoms with E-state index >= 15 is 0 Å². The van der Waals surface area contributed by atoms with Crippen LogP contribution in [0, 0.1) is 0 Å². The van der Waals surface area contributed by atoms with Crippen molar-refractivity contribution < 1.29 is 28.5 Å². The van der Waals surface area contributed by atoms with E-state index in [0.717, 1.165) is 0 Å². The minimum absolute atomic E-state index is 0.220. The van der Waals surface area contributed by atoms with E-state index in [1.165, 1.54) is 13.3 Å². The van der Waals surface area contributed by atoms with Crippen LogP contribution in [-0.4, -0.2) is 45.0 Å². The Hall–Kier alpha value is -3.55. The second-order valence-electron chi connectivity index (χ2n) is 5.66. The molecule has 0 fully saturated rings. The Labute approximate surface area is 169 Å². The van der Waals surface area contributed by atoms with E-state index < -0.39 is 5.97 Å². The molecule has 29 heavy (non-hydrogen) atoms. The lowest BCUT2D eigenvalue weighted by Gasteiger charge is -2.11. The van der Waals surface area contributed by atoms with Crippen molar-refractivity contribution >= 4 is 18.1 Å². The first kappa shape index (κ1) is 21.7. The lowest BCUT2D eigenvalue weighted by molar-refractivity contribution is -0.142. The van der Waals surface area contributed by atoms with Gasteiger partial charge in [-0.1, -0.05) is 0 Å². The van der Waals surface area contributed by atoms with Crippen LogP contribution in [0.15, 0.2) is 47.6 Å². The summed E-state index contributed by atoms with van der Waals surface area (Å²) >= 11 is 0. The number of ether oxygens (including phenoxy) is 4. The molecule has 8 nitrogen and oxygen atoms in total. The predicted octanol–water partition coefficient (Wildman–Crippen LogP) is 2.80. The molecule has 8 heteroatoms. The molecule has 0 aliphatic heterocycles. The van der Waals surface area contributed by atoms with Crippen molar-refractivity contribution in [3.63, 3.8) is 0 Å². The minimum Gasteiger partial charge on any atom is -0.494 e. The Morgan fingerprint density at radius 3 is 2.34 bits per heavy atom. The Bertz CT molecular complexity index is 849. The number of hydrazone groups is 1. The molecule has 0 aliphatic rings. The molecule has 1 amide bonds. The summed E-state index contributed by atoms with van der Waals surface area (Å²) in [5.74, 6) is 0.735. The van der Waals surface area contributed by atoms with Crippen molar-refractivity contribution in [3.05, 3.63) is 53.6 Å². The summed E-state index contributed by atoms with van der Waals surface area (Å²) in [6, 6.07) is 11.9. The number of amides is 1. The summed E-state index contributed by atoms with van der Waals surface area (Å²) in [5, 5.41) is 3.97. The molecule has 0 aliphatic carbocycles. The molecule has 0 bridgehead atoms.